The molecular weight excluding hydrogens is 284 g/mol. The van der Waals surface area contributed by atoms with E-state index in [-0.39, 0.29) is 12.4 Å². The zero-order valence-corrected chi connectivity index (χ0v) is 11.1. The summed E-state index contributed by atoms with van der Waals surface area (Å²) in [7, 11) is 0. The minimum Gasteiger partial charge on any atom is -0.466 e. The molecule has 0 saturated heterocycles. The number of nitrogens with two attached hydrogens (primary N) is 1. The molecule has 90 valence electrons. The molecule has 0 bridgehead atoms. The summed E-state index contributed by atoms with van der Waals surface area (Å²) in [5.74, 6) is -0.321. The third kappa shape index (κ3) is 3.29. The van der Waals surface area contributed by atoms with Gasteiger partial charge in [0.2, 0.25) is 0 Å². The van der Waals surface area contributed by atoms with Crippen LogP contribution in [0.1, 0.15) is 23.6 Å². The van der Waals surface area contributed by atoms with E-state index in [9.17, 15) is 4.79 Å². The minimum atomic E-state index is -0.321. The number of ether oxygens (including phenoxy) is 1. The van der Waals surface area contributed by atoms with E-state index in [4.69, 9.17) is 15.7 Å². The number of rotatable bonds is 4. The molecule has 2 N–H and O–H groups in total. The number of carbonyl (C=O) groups is 1. The number of hydrogen-bond acceptors (Lipinski definition) is 4. The van der Waals surface area contributed by atoms with Crippen molar-refractivity contribution in [1.82, 2.24) is 0 Å². The number of nitrogens with zero attached hydrogens (tertiary/aromatic N) is 1. The van der Waals surface area contributed by atoms with Crippen molar-refractivity contribution in [3.05, 3.63) is 33.3 Å². The second-order valence-corrected chi connectivity index (χ2v) is 4.16. The lowest BCUT2D eigenvalue weighted by molar-refractivity contribution is -0.142. The average Bonchev–Trinajstić information content (AvgIpc) is 2.32. The molecule has 0 aliphatic rings. The first-order valence-corrected chi connectivity index (χ1v) is 5.99. The highest BCUT2D eigenvalue weighted by molar-refractivity contribution is 9.10. The van der Waals surface area contributed by atoms with Crippen LogP contribution in [0.3, 0.4) is 0 Å². The fraction of sp³-hybridized carbons (Fsp3) is 0.333. The lowest BCUT2D eigenvalue weighted by atomic mass is 10.0. The Morgan fingerprint density at radius 3 is 2.82 bits per heavy atom. The van der Waals surface area contributed by atoms with Crippen molar-refractivity contribution in [2.24, 2.45) is 5.73 Å². The molecule has 0 radical (unpaired) electrons. The molecule has 0 unspecified atom stereocenters. The van der Waals surface area contributed by atoms with Crippen molar-refractivity contribution in [3.63, 3.8) is 0 Å². The number of hydrogen-bond donors (Lipinski definition) is 1. The monoisotopic (exact) mass is 296 g/mol. The van der Waals surface area contributed by atoms with E-state index < -0.39 is 0 Å². The van der Waals surface area contributed by atoms with E-state index in [2.05, 4.69) is 22.0 Å². The molecule has 0 amide bonds. The molecule has 5 heteroatoms. The van der Waals surface area contributed by atoms with Gasteiger partial charge in [-0.25, -0.2) is 0 Å². The van der Waals surface area contributed by atoms with Crippen molar-refractivity contribution in [1.29, 1.82) is 5.26 Å². The summed E-state index contributed by atoms with van der Waals surface area (Å²) in [4.78, 5) is 11.5. The highest BCUT2D eigenvalue weighted by Crippen LogP contribution is 2.25. The van der Waals surface area contributed by atoms with Crippen LogP contribution in [-0.4, -0.2) is 12.6 Å². The third-order valence-electron chi connectivity index (χ3n) is 2.31. The summed E-state index contributed by atoms with van der Waals surface area (Å²) in [5.41, 5.74) is 7.66. The Balaban J connectivity index is 3.11. The number of benzene rings is 1. The van der Waals surface area contributed by atoms with Gasteiger partial charge in [0.1, 0.15) is 6.07 Å². The van der Waals surface area contributed by atoms with Gasteiger partial charge in [0.15, 0.2) is 0 Å². The van der Waals surface area contributed by atoms with Crippen molar-refractivity contribution < 1.29 is 9.53 Å². The van der Waals surface area contributed by atoms with Crippen LogP contribution in [0.5, 0.6) is 0 Å². The van der Waals surface area contributed by atoms with E-state index in [1.165, 1.54) is 0 Å². The molecule has 0 saturated carbocycles. The second kappa shape index (κ2) is 6.38. The molecule has 0 fully saturated rings. The molecule has 0 atom stereocenters. The van der Waals surface area contributed by atoms with Crippen molar-refractivity contribution >= 4 is 21.9 Å². The molecule has 1 rings (SSSR count). The second-order valence-electron chi connectivity index (χ2n) is 3.36. The van der Waals surface area contributed by atoms with Crippen LogP contribution in [0.15, 0.2) is 16.6 Å². The zero-order chi connectivity index (χ0) is 12.8. The molecule has 4 nitrogen and oxygen atoms in total. The van der Waals surface area contributed by atoms with E-state index in [1.54, 1.807) is 19.1 Å². The fourth-order valence-electron chi connectivity index (χ4n) is 1.49. The first-order chi connectivity index (χ1) is 8.13. The lowest BCUT2D eigenvalue weighted by Crippen LogP contribution is -2.12. The Labute approximate surface area is 108 Å². The van der Waals surface area contributed by atoms with Gasteiger partial charge in [0.25, 0.3) is 0 Å². The molecule has 0 aliphatic carbocycles. The van der Waals surface area contributed by atoms with Gasteiger partial charge in [-0.1, -0.05) is 6.07 Å². The van der Waals surface area contributed by atoms with Gasteiger partial charge in [0.05, 0.1) is 18.6 Å². The van der Waals surface area contributed by atoms with Gasteiger partial charge in [-0.2, -0.15) is 5.26 Å². The number of nitriles is 1. The Hall–Kier alpha value is -1.38. The summed E-state index contributed by atoms with van der Waals surface area (Å²) >= 11 is 3.33. The maximum Gasteiger partial charge on any atom is 0.310 e. The molecule has 17 heavy (non-hydrogen) atoms. The van der Waals surface area contributed by atoms with E-state index in [0.717, 1.165) is 11.1 Å². The van der Waals surface area contributed by atoms with Crippen LogP contribution in [-0.2, 0) is 22.5 Å². The molecule has 1 aromatic rings. The van der Waals surface area contributed by atoms with Gasteiger partial charge in [-0.15, -0.1) is 0 Å². The van der Waals surface area contributed by atoms with Crippen molar-refractivity contribution in [2.45, 2.75) is 19.9 Å². The molecule has 0 aliphatic heterocycles. The number of esters is 1. The van der Waals surface area contributed by atoms with Gasteiger partial charge >= 0.3 is 5.97 Å². The highest BCUT2D eigenvalue weighted by Gasteiger charge is 2.14. The van der Waals surface area contributed by atoms with E-state index >= 15 is 0 Å². The average molecular weight is 297 g/mol. The Bertz CT molecular complexity index is 466. The predicted octanol–water partition coefficient (Wildman–Crippen LogP) is 1.89. The van der Waals surface area contributed by atoms with Crippen LogP contribution in [0, 0.1) is 11.3 Å². The van der Waals surface area contributed by atoms with Gasteiger partial charge in [-0.3, -0.25) is 4.79 Å². The van der Waals surface area contributed by atoms with Gasteiger partial charge < -0.3 is 10.5 Å². The Morgan fingerprint density at radius 1 is 1.59 bits per heavy atom. The first-order valence-electron chi connectivity index (χ1n) is 5.20. The van der Waals surface area contributed by atoms with Crippen molar-refractivity contribution in [3.8, 4) is 6.07 Å². The number of carbonyl (C=O) groups excluding carboxylic acids is 1. The minimum absolute atomic E-state index is 0.122. The fourth-order valence-corrected chi connectivity index (χ4v) is 2.10. The van der Waals surface area contributed by atoms with Crippen LogP contribution < -0.4 is 5.73 Å². The Kier molecular flexibility index (Phi) is 5.13. The van der Waals surface area contributed by atoms with Gasteiger partial charge in [0, 0.05) is 11.0 Å². The quantitative estimate of drug-likeness (QED) is 0.861. The largest absolute Gasteiger partial charge is 0.466 e. The first kappa shape index (κ1) is 13.7. The van der Waals surface area contributed by atoms with E-state index in [0.29, 0.717) is 23.2 Å². The smallest absolute Gasteiger partial charge is 0.310 e. The van der Waals surface area contributed by atoms with Crippen LogP contribution >= 0.6 is 15.9 Å². The molecular formula is C12H13BrN2O2. The number of halogens is 1. The van der Waals surface area contributed by atoms with Crippen molar-refractivity contribution in [2.75, 3.05) is 6.61 Å². The summed E-state index contributed by atoms with van der Waals surface area (Å²) in [6, 6.07) is 5.50. The molecule has 0 spiro atoms. The molecule has 1 aromatic carbocycles. The summed E-state index contributed by atoms with van der Waals surface area (Å²) in [5, 5.41) is 8.92. The topological polar surface area (TPSA) is 76.1 Å². The van der Waals surface area contributed by atoms with Crippen LogP contribution in [0.25, 0.3) is 0 Å². The molecule has 0 aromatic heterocycles. The lowest BCUT2D eigenvalue weighted by Gasteiger charge is -2.10. The molecule has 0 heterocycles. The maximum atomic E-state index is 11.5. The standard InChI is InChI=1S/C12H13BrN2O2/c1-2-17-11(16)5-10-8(6-14)3-4-9(7-15)12(10)13/h3-4H,2,5-6,14H2,1H3. The normalized spacial score (nSPS) is 9.76. The zero-order valence-electron chi connectivity index (χ0n) is 9.50. The summed E-state index contributed by atoms with van der Waals surface area (Å²) < 4.78 is 5.51. The predicted molar refractivity (Wildman–Crippen MR) is 67.1 cm³/mol. The summed E-state index contributed by atoms with van der Waals surface area (Å²) in [6.45, 7) is 2.41. The SMILES string of the molecule is CCOC(=O)Cc1c(CN)ccc(C#N)c1Br. The highest BCUT2D eigenvalue weighted by atomic mass is 79.9. The maximum absolute atomic E-state index is 11.5. The third-order valence-corrected chi connectivity index (χ3v) is 3.21. The van der Waals surface area contributed by atoms with Crippen LogP contribution in [0.2, 0.25) is 0 Å². The van der Waals surface area contributed by atoms with Gasteiger partial charge in [-0.05, 0) is 40.0 Å². The Morgan fingerprint density at radius 2 is 2.29 bits per heavy atom. The van der Waals surface area contributed by atoms with E-state index in [1.807, 2.05) is 0 Å². The van der Waals surface area contributed by atoms with Crippen LogP contribution in [0.4, 0.5) is 0 Å². The summed E-state index contributed by atoms with van der Waals surface area (Å²) in [6.07, 6.45) is 0.122.